The molecule has 1 unspecified atom stereocenters. The Morgan fingerprint density at radius 1 is 1.42 bits per heavy atom. The predicted molar refractivity (Wildman–Crippen MR) is 73.3 cm³/mol. The number of amides is 1. The van der Waals surface area contributed by atoms with E-state index in [0.717, 1.165) is 4.57 Å². The SMILES string of the molecule is CC(CCl)C(=O)N(C)Cc1cn(C)c(=O)n(C)c1=O. The molecule has 0 aliphatic carbocycles. The largest absolute Gasteiger partial charge is 0.341 e. The minimum Gasteiger partial charge on any atom is -0.341 e. The lowest BCUT2D eigenvalue weighted by Crippen LogP contribution is -2.41. The number of rotatable bonds is 4. The van der Waals surface area contributed by atoms with E-state index in [2.05, 4.69) is 0 Å². The first-order valence-corrected chi connectivity index (χ1v) is 6.39. The van der Waals surface area contributed by atoms with Gasteiger partial charge in [0.05, 0.1) is 12.1 Å². The molecule has 1 aromatic rings. The first kappa shape index (κ1) is 15.5. The molecule has 1 heterocycles. The summed E-state index contributed by atoms with van der Waals surface area (Å²) >= 11 is 5.64. The molecule has 1 atom stereocenters. The van der Waals surface area contributed by atoms with Gasteiger partial charge in [-0.15, -0.1) is 11.6 Å². The van der Waals surface area contributed by atoms with Gasteiger partial charge >= 0.3 is 5.69 Å². The van der Waals surface area contributed by atoms with Crippen LogP contribution >= 0.6 is 11.6 Å². The highest BCUT2D eigenvalue weighted by Gasteiger charge is 2.18. The molecule has 6 nitrogen and oxygen atoms in total. The number of aromatic nitrogens is 2. The van der Waals surface area contributed by atoms with Crippen LogP contribution in [0.15, 0.2) is 15.8 Å². The average Bonchev–Trinajstić information content (AvgIpc) is 2.40. The molecule has 0 fully saturated rings. The van der Waals surface area contributed by atoms with Gasteiger partial charge in [-0.2, -0.15) is 0 Å². The number of carbonyl (C=O) groups excluding carboxylic acids is 1. The Balaban J connectivity index is 3.05. The van der Waals surface area contributed by atoms with E-state index in [0.29, 0.717) is 5.56 Å². The molecule has 0 spiro atoms. The van der Waals surface area contributed by atoms with Gasteiger partial charge in [0.15, 0.2) is 0 Å². The third-order valence-electron chi connectivity index (χ3n) is 2.95. The lowest BCUT2D eigenvalue weighted by Gasteiger charge is -2.20. The second-order valence-electron chi connectivity index (χ2n) is 4.66. The summed E-state index contributed by atoms with van der Waals surface area (Å²) in [5.41, 5.74) is -0.389. The first-order chi connectivity index (χ1) is 8.79. The van der Waals surface area contributed by atoms with Crippen molar-refractivity contribution in [2.45, 2.75) is 13.5 Å². The number of aryl methyl sites for hydroxylation is 1. The fourth-order valence-electron chi connectivity index (χ4n) is 1.77. The van der Waals surface area contributed by atoms with Crippen LogP contribution in [-0.2, 0) is 25.4 Å². The molecule has 0 radical (unpaired) electrons. The molecule has 1 aromatic heterocycles. The Bertz CT molecular complexity index is 591. The molecule has 0 aliphatic heterocycles. The van der Waals surface area contributed by atoms with E-state index >= 15 is 0 Å². The van der Waals surface area contributed by atoms with Crippen molar-refractivity contribution in [3.05, 3.63) is 32.6 Å². The first-order valence-electron chi connectivity index (χ1n) is 5.86. The van der Waals surface area contributed by atoms with E-state index in [1.165, 1.54) is 22.7 Å². The lowest BCUT2D eigenvalue weighted by atomic mass is 10.2. The van der Waals surface area contributed by atoms with E-state index in [4.69, 9.17) is 11.6 Å². The number of hydrogen-bond acceptors (Lipinski definition) is 3. The molecule has 0 bridgehead atoms. The Morgan fingerprint density at radius 2 is 2.00 bits per heavy atom. The molecule has 1 amide bonds. The quantitative estimate of drug-likeness (QED) is 0.728. The Kier molecular flexibility index (Phi) is 4.94. The molecule has 0 N–H and O–H groups in total. The Morgan fingerprint density at radius 3 is 2.53 bits per heavy atom. The van der Waals surface area contributed by atoms with Crippen LogP contribution < -0.4 is 11.2 Å². The van der Waals surface area contributed by atoms with Crippen LogP contribution in [0.5, 0.6) is 0 Å². The molecular formula is C12H18ClN3O3. The van der Waals surface area contributed by atoms with Gasteiger partial charge in [0.2, 0.25) is 5.91 Å². The third-order valence-corrected chi connectivity index (χ3v) is 3.42. The molecule has 0 aromatic carbocycles. The number of halogens is 1. The van der Waals surface area contributed by atoms with Gasteiger partial charge in [0.1, 0.15) is 0 Å². The summed E-state index contributed by atoms with van der Waals surface area (Å²) < 4.78 is 2.35. The lowest BCUT2D eigenvalue weighted by molar-refractivity contribution is -0.133. The topological polar surface area (TPSA) is 64.3 Å². The van der Waals surface area contributed by atoms with Gasteiger partial charge in [-0.3, -0.25) is 14.2 Å². The van der Waals surface area contributed by atoms with Gasteiger partial charge in [-0.1, -0.05) is 6.92 Å². The number of carbonyl (C=O) groups is 1. The van der Waals surface area contributed by atoms with Gasteiger partial charge in [-0.25, -0.2) is 4.79 Å². The van der Waals surface area contributed by atoms with Crippen molar-refractivity contribution in [2.75, 3.05) is 12.9 Å². The standard InChI is InChI=1S/C12H18ClN3O3/c1-8(5-13)10(17)14(2)6-9-7-15(3)12(19)16(4)11(9)18/h7-8H,5-6H2,1-4H3. The summed E-state index contributed by atoms with van der Waals surface area (Å²) in [6.07, 6.45) is 1.46. The van der Waals surface area contributed by atoms with Gasteiger partial charge < -0.3 is 9.47 Å². The van der Waals surface area contributed by atoms with Gasteiger partial charge in [0.25, 0.3) is 5.56 Å². The summed E-state index contributed by atoms with van der Waals surface area (Å²) in [6, 6.07) is 0. The summed E-state index contributed by atoms with van der Waals surface area (Å²) in [5.74, 6) is -0.206. The maximum absolute atomic E-state index is 11.9. The van der Waals surface area contributed by atoms with Crippen LogP contribution in [0, 0.1) is 5.92 Å². The van der Waals surface area contributed by atoms with Gasteiger partial charge in [0, 0.05) is 39.1 Å². The minimum absolute atomic E-state index is 0.133. The average molecular weight is 288 g/mol. The van der Waals surface area contributed by atoms with Crippen LogP contribution in [0.3, 0.4) is 0 Å². The predicted octanol–water partition coefficient (Wildman–Crippen LogP) is -0.0827. The smallest absolute Gasteiger partial charge is 0.330 e. The van der Waals surface area contributed by atoms with Crippen molar-refractivity contribution in [1.29, 1.82) is 0 Å². The number of nitrogens with zero attached hydrogens (tertiary/aromatic N) is 3. The number of alkyl halides is 1. The van der Waals surface area contributed by atoms with Crippen molar-refractivity contribution in [2.24, 2.45) is 20.0 Å². The molecule has 1 rings (SSSR count). The maximum Gasteiger partial charge on any atom is 0.330 e. The molecule has 19 heavy (non-hydrogen) atoms. The molecule has 0 saturated carbocycles. The second-order valence-corrected chi connectivity index (χ2v) is 4.97. The van der Waals surface area contributed by atoms with E-state index in [1.807, 2.05) is 0 Å². The zero-order valence-electron chi connectivity index (χ0n) is 11.5. The van der Waals surface area contributed by atoms with E-state index in [1.54, 1.807) is 21.0 Å². The molecular weight excluding hydrogens is 270 g/mol. The maximum atomic E-state index is 11.9. The molecule has 7 heteroatoms. The van der Waals surface area contributed by atoms with Crippen molar-refractivity contribution in [3.8, 4) is 0 Å². The summed E-state index contributed by atoms with van der Waals surface area (Å²) in [4.78, 5) is 36.8. The Hall–Kier alpha value is -1.56. The minimum atomic E-state index is -0.392. The van der Waals surface area contributed by atoms with Crippen molar-refractivity contribution < 1.29 is 4.79 Å². The molecule has 106 valence electrons. The highest BCUT2D eigenvalue weighted by Crippen LogP contribution is 2.05. The summed E-state index contributed by atoms with van der Waals surface area (Å²) in [5, 5.41) is 0. The normalized spacial score (nSPS) is 12.3. The zero-order chi connectivity index (χ0) is 14.7. The zero-order valence-corrected chi connectivity index (χ0v) is 12.3. The van der Waals surface area contributed by atoms with Crippen LogP contribution in [0.1, 0.15) is 12.5 Å². The van der Waals surface area contributed by atoms with E-state index < -0.39 is 5.69 Å². The number of hydrogen-bond donors (Lipinski definition) is 0. The van der Waals surface area contributed by atoms with Crippen molar-refractivity contribution in [3.63, 3.8) is 0 Å². The van der Waals surface area contributed by atoms with E-state index in [9.17, 15) is 14.4 Å². The van der Waals surface area contributed by atoms with Gasteiger partial charge in [-0.05, 0) is 0 Å². The second kappa shape index (κ2) is 6.06. The van der Waals surface area contributed by atoms with Crippen molar-refractivity contribution >= 4 is 17.5 Å². The highest BCUT2D eigenvalue weighted by atomic mass is 35.5. The molecule has 0 aliphatic rings. The summed E-state index contributed by atoms with van der Waals surface area (Å²) in [6.45, 7) is 1.88. The van der Waals surface area contributed by atoms with Crippen LogP contribution in [-0.4, -0.2) is 32.9 Å². The third kappa shape index (κ3) is 3.26. The highest BCUT2D eigenvalue weighted by molar-refractivity contribution is 6.19. The fraction of sp³-hybridized carbons (Fsp3) is 0.583. The van der Waals surface area contributed by atoms with E-state index in [-0.39, 0.29) is 29.8 Å². The fourth-order valence-corrected chi connectivity index (χ4v) is 1.90. The monoisotopic (exact) mass is 287 g/mol. The Labute approximate surface area is 116 Å². The van der Waals surface area contributed by atoms with Crippen LogP contribution in [0.4, 0.5) is 0 Å². The van der Waals surface area contributed by atoms with Crippen LogP contribution in [0.25, 0.3) is 0 Å². The van der Waals surface area contributed by atoms with Crippen molar-refractivity contribution in [1.82, 2.24) is 14.0 Å². The summed E-state index contributed by atoms with van der Waals surface area (Å²) in [7, 11) is 4.59. The molecule has 0 saturated heterocycles. The van der Waals surface area contributed by atoms with Crippen LogP contribution in [0.2, 0.25) is 0 Å².